The molecule has 7 heteroatoms. The minimum atomic E-state index is -3.85. The van der Waals surface area contributed by atoms with Crippen LogP contribution >= 0.6 is 0 Å². The number of amides is 1. The van der Waals surface area contributed by atoms with E-state index in [0.717, 1.165) is 11.1 Å². The highest BCUT2D eigenvalue weighted by molar-refractivity contribution is 7.95. The number of allylic oxidation sites excluding steroid dienone is 1. The van der Waals surface area contributed by atoms with Gasteiger partial charge < -0.3 is 10.6 Å². The Bertz CT molecular complexity index is 405. The van der Waals surface area contributed by atoms with E-state index >= 15 is 0 Å². The number of carbonyl (C=O) groups excluding carboxylic acids is 1. The fourth-order valence-corrected chi connectivity index (χ4v) is 1.93. The van der Waals surface area contributed by atoms with Gasteiger partial charge in [0, 0.05) is 14.1 Å². The normalized spacial score (nSPS) is 19.2. The van der Waals surface area contributed by atoms with Crippen molar-refractivity contribution in [2.45, 2.75) is 0 Å². The lowest BCUT2D eigenvalue weighted by Crippen LogP contribution is -2.27. The van der Waals surface area contributed by atoms with Gasteiger partial charge in [-0.3, -0.25) is 4.79 Å². The number of rotatable bonds is 1. The second kappa shape index (κ2) is 2.84. The van der Waals surface area contributed by atoms with Gasteiger partial charge in [-0.15, -0.1) is 0 Å². The predicted octanol–water partition coefficient (Wildman–Crippen LogP) is -1.34. The standard InChI is InChI=1S/C6H9N3O3S/c1-9(2)6(10)5-4(7)3-8-13(5,11)12/h3H,7H2,1-2H3. The second-order valence-corrected chi connectivity index (χ2v) is 4.26. The molecule has 0 unspecified atom stereocenters. The van der Waals surface area contributed by atoms with Crippen LogP contribution in [0, 0.1) is 0 Å². The topological polar surface area (TPSA) is 92.8 Å². The Balaban J connectivity index is 3.22. The summed E-state index contributed by atoms with van der Waals surface area (Å²) in [6.07, 6.45) is 0.964. The molecule has 2 N–H and O–H groups in total. The highest BCUT2D eigenvalue weighted by Gasteiger charge is 2.32. The number of hydrogen-bond acceptors (Lipinski definition) is 4. The lowest BCUT2D eigenvalue weighted by atomic mass is 10.4. The van der Waals surface area contributed by atoms with E-state index < -0.39 is 20.8 Å². The van der Waals surface area contributed by atoms with Gasteiger partial charge in [0.15, 0.2) is 4.91 Å². The zero-order valence-corrected chi connectivity index (χ0v) is 8.00. The fourth-order valence-electron chi connectivity index (χ4n) is 0.823. The zero-order chi connectivity index (χ0) is 10.2. The van der Waals surface area contributed by atoms with Gasteiger partial charge in [0.05, 0.1) is 11.9 Å². The van der Waals surface area contributed by atoms with E-state index in [-0.39, 0.29) is 5.70 Å². The third kappa shape index (κ3) is 1.55. The van der Waals surface area contributed by atoms with E-state index in [1.807, 2.05) is 0 Å². The Morgan fingerprint density at radius 1 is 1.54 bits per heavy atom. The number of nitrogens with two attached hydrogens (primary N) is 1. The van der Waals surface area contributed by atoms with Gasteiger partial charge in [0.25, 0.3) is 15.9 Å². The molecule has 0 aromatic rings. The maximum Gasteiger partial charge on any atom is 0.289 e. The molecule has 0 bridgehead atoms. The van der Waals surface area contributed by atoms with Gasteiger partial charge in [0.1, 0.15) is 0 Å². The highest BCUT2D eigenvalue weighted by atomic mass is 32.2. The first-order valence-corrected chi connectivity index (χ1v) is 4.82. The first-order valence-electron chi connectivity index (χ1n) is 3.38. The van der Waals surface area contributed by atoms with Crippen molar-refractivity contribution >= 4 is 22.1 Å². The van der Waals surface area contributed by atoms with Crippen LogP contribution in [0.2, 0.25) is 0 Å². The average molecular weight is 203 g/mol. The van der Waals surface area contributed by atoms with E-state index in [9.17, 15) is 13.2 Å². The average Bonchev–Trinajstić information content (AvgIpc) is 2.25. The van der Waals surface area contributed by atoms with Crippen LogP contribution in [0.25, 0.3) is 0 Å². The molecule has 0 aromatic carbocycles. The molecule has 13 heavy (non-hydrogen) atoms. The summed E-state index contributed by atoms with van der Waals surface area (Å²) in [4.78, 5) is 12.0. The van der Waals surface area contributed by atoms with Crippen molar-refractivity contribution in [1.29, 1.82) is 0 Å². The van der Waals surface area contributed by atoms with Gasteiger partial charge >= 0.3 is 0 Å². The first kappa shape index (κ1) is 9.72. The number of hydrogen-bond donors (Lipinski definition) is 1. The van der Waals surface area contributed by atoms with Crippen molar-refractivity contribution in [3.63, 3.8) is 0 Å². The molecule has 0 spiro atoms. The lowest BCUT2D eigenvalue weighted by molar-refractivity contribution is -0.124. The molecule has 1 rings (SSSR count). The van der Waals surface area contributed by atoms with Crippen LogP contribution in [-0.4, -0.2) is 39.5 Å². The smallest absolute Gasteiger partial charge is 0.289 e. The maximum atomic E-state index is 11.3. The van der Waals surface area contributed by atoms with Crippen LogP contribution in [-0.2, 0) is 14.8 Å². The molecule has 0 fully saturated rings. The molecule has 6 nitrogen and oxygen atoms in total. The number of carbonyl (C=O) groups is 1. The minimum absolute atomic E-state index is 0.112. The van der Waals surface area contributed by atoms with Crippen LogP contribution in [0.5, 0.6) is 0 Å². The van der Waals surface area contributed by atoms with Crippen molar-refractivity contribution in [3.05, 3.63) is 10.6 Å². The second-order valence-electron chi connectivity index (χ2n) is 2.69. The highest BCUT2D eigenvalue weighted by Crippen LogP contribution is 2.18. The van der Waals surface area contributed by atoms with Gasteiger partial charge in [-0.25, -0.2) is 0 Å². The van der Waals surface area contributed by atoms with Crippen LogP contribution in [0.15, 0.2) is 15.0 Å². The number of sulfonamides is 1. The van der Waals surface area contributed by atoms with Gasteiger partial charge in [-0.1, -0.05) is 0 Å². The summed E-state index contributed by atoms with van der Waals surface area (Å²) in [5.74, 6) is -0.657. The van der Waals surface area contributed by atoms with Crippen molar-refractivity contribution in [2.24, 2.45) is 10.1 Å². The molecular weight excluding hydrogens is 194 g/mol. The summed E-state index contributed by atoms with van der Waals surface area (Å²) in [7, 11) is -0.966. The largest absolute Gasteiger partial charge is 0.396 e. The quantitative estimate of drug-likeness (QED) is 0.570. The van der Waals surface area contributed by atoms with Crippen LogP contribution in [0.4, 0.5) is 0 Å². The Labute approximate surface area is 75.8 Å². The molecule has 0 radical (unpaired) electrons. The molecule has 0 atom stereocenters. The summed E-state index contributed by atoms with van der Waals surface area (Å²) in [6.45, 7) is 0. The van der Waals surface area contributed by atoms with Gasteiger partial charge in [-0.2, -0.15) is 12.8 Å². The summed E-state index contributed by atoms with van der Waals surface area (Å²) in [5, 5.41) is 0. The van der Waals surface area contributed by atoms with Crippen molar-refractivity contribution in [1.82, 2.24) is 4.90 Å². The molecule has 0 aromatic heterocycles. The van der Waals surface area contributed by atoms with Crippen LogP contribution in [0.3, 0.4) is 0 Å². The molecule has 0 saturated carbocycles. The molecule has 72 valence electrons. The Kier molecular flexibility index (Phi) is 2.12. The Morgan fingerprint density at radius 3 is 2.38 bits per heavy atom. The first-order chi connectivity index (χ1) is 5.86. The van der Waals surface area contributed by atoms with E-state index in [1.54, 1.807) is 0 Å². The third-order valence-corrected chi connectivity index (χ3v) is 2.76. The monoisotopic (exact) mass is 203 g/mol. The lowest BCUT2D eigenvalue weighted by Gasteiger charge is -2.09. The molecule has 1 aliphatic heterocycles. The summed E-state index contributed by atoms with van der Waals surface area (Å²) in [5.41, 5.74) is 5.18. The van der Waals surface area contributed by atoms with Crippen LogP contribution < -0.4 is 5.73 Å². The summed E-state index contributed by atoms with van der Waals surface area (Å²) in [6, 6.07) is 0. The molecular formula is C6H9N3O3S. The van der Waals surface area contributed by atoms with Crippen LogP contribution in [0.1, 0.15) is 0 Å². The van der Waals surface area contributed by atoms with E-state index in [2.05, 4.69) is 4.40 Å². The zero-order valence-electron chi connectivity index (χ0n) is 7.18. The summed E-state index contributed by atoms with van der Waals surface area (Å²) >= 11 is 0. The van der Waals surface area contributed by atoms with E-state index in [1.165, 1.54) is 14.1 Å². The molecule has 1 heterocycles. The Morgan fingerprint density at radius 2 is 2.08 bits per heavy atom. The fraction of sp³-hybridized carbons (Fsp3) is 0.333. The van der Waals surface area contributed by atoms with E-state index in [4.69, 9.17) is 5.73 Å². The van der Waals surface area contributed by atoms with Gasteiger partial charge in [-0.05, 0) is 0 Å². The predicted molar refractivity (Wildman–Crippen MR) is 47.3 cm³/mol. The molecule has 0 saturated heterocycles. The van der Waals surface area contributed by atoms with E-state index in [0.29, 0.717) is 0 Å². The SMILES string of the molecule is CN(C)C(=O)C1=C(N)C=NS1(=O)=O. The van der Waals surface area contributed by atoms with Crippen molar-refractivity contribution in [3.8, 4) is 0 Å². The number of nitrogens with zero attached hydrogens (tertiary/aromatic N) is 2. The molecule has 1 aliphatic rings. The van der Waals surface area contributed by atoms with Gasteiger partial charge in [0.2, 0.25) is 0 Å². The molecule has 1 amide bonds. The Hall–Kier alpha value is -1.37. The number of likely N-dealkylation sites (N-methyl/N-ethyl adjacent to an activating group) is 1. The van der Waals surface area contributed by atoms with Crippen molar-refractivity contribution in [2.75, 3.05) is 14.1 Å². The summed E-state index contributed by atoms with van der Waals surface area (Å²) < 4.78 is 25.4. The molecule has 0 aliphatic carbocycles. The third-order valence-electron chi connectivity index (χ3n) is 1.45. The minimum Gasteiger partial charge on any atom is -0.396 e. The maximum absolute atomic E-state index is 11.3. The van der Waals surface area contributed by atoms with Crippen molar-refractivity contribution < 1.29 is 13.2 Å².